The van der Waals surface area contributed by atoms with Crippen LogP contribution in [0.15, 0.2) is 36.5 Å². The maximum atomic E-state index is 10.0. The highest BCUT2D eigenvalue weighted by molar-refractivity contribution is 7.60. The van der Waals surface area contributed by atoms with E-state index < -0.39 is 15.6 Å². The first-order chi connectivity index (χ1) is 13.1. The van der Waals surface area contributed by atoms with Crippen molar-refractivity contribution in [1.29, 1.82) is 0 Å². The maximum Gasteiger partial charge on any atom is 0.478 e. The van der Waals surface area contributed by atoms with Gasteiger partial charge in [0.2, 0.25) is 0 Å². The molecule has 0 aliphatic rings. The van der Waals surface area contributed by atoms with Crippen LogP contribution >= 0.6 is 15.6 Å². The number of hydrogen-bond donors (Lipinski definition) is 4. The van der Waals surface area contributed by atoms with E-state index >= 15 is 0 Å². The largest absolute Gasteiger partial charge is 0.478 e. The lowest BCUT2D eigenvalue weighted by Gasteiger charge is -2.03. The molecular formula is C18H34O8P2. The van der Waals surface area contributed by atoms with Crippen molar-refractivity contribution in [3.05, 3.63) is 36.5 Å². The van der Waals surface area contributed by atoms with E-state index in [4.69, 9.17) is 19.6 Å². The lowest BCUT2D eigenvalue weighted by molar-refractivity contribution is -0.104. The minimum absolute atomic E-state index is 0.788. The van der Waals surface area contributed by atoms with Gasteiger partial charge in [0.25, 0.3) is 0 Å². The highest BCUT2D eigenvalue weighted by atomic mass is 31.3. The van der Waals surface area contributed by atoms with Crippen LogP contribution in [0, 0.1) is 0 Å². The minimum Gasteiger partial charge on any atom is -0.302 e. The molecule has 28 heavy (non-hydrogen) atoms. The molecule has 164 valence electrons. The third kappa shape index (κ3) is 32.8. The Morgan fingerprint density at radius 3 is 1.54 bits per heavy atom. The van der Waals surface area contributed by atoms with E-state index in [1.807, 2.05) is 12.2 Å². The molecule has 0 aromatic carbocycles. The quantitative estimate of drug-likeness (QED) is 0.0920. The number of carbonyl (C=O) groups is 1. The first-order valence-corrected chi connectivity index (χ1v) is 12.4. The Labute approximate surface area is 167 Å². The average molecular weight is 440 g/mol. The molecule has 0 aliphatic heterocycles. The van der Waals surface area contributed by atoms with Gasteiger partial charge in [-0.3, -0.25) is 4.79 Å². The van der Waals surface area contributed by atoms with Crippen molar-refractivity contribution >= 4 is 21.9 Å². The van der Waals surface area contributed by atoms with Crippen molar-refractivity contribution in [2.24, 2.45) is 0 Å². The van der Waals surface area contributed by atoms with Crippen LogP contribution in [-0.4, -0.2) is 25.9 Å². The van der Waals surface area contributed by atoms with Gasteiger partial charge in [-0.1, -0.05) is 88.7 Å². The summed E-state index contributed by atoms with van der Waals surface area (Å²) in [5.41, 5.74) is 0. The maximum absolute atomic E-state index is 10.0. The number of unbranched alkanes of at least 4 members (excludes halogenated alkanes) is 9. The molecule has 10 heteroatoms. The molecule has 0 saturated heterocycles. The molecule has 0 amide bonds. The van der Waals surface area contributed by atoms with E-state index in [2.05, 4.69) is 23.4 Å². The normalized spacial score (nSPS) is 12.6. The van der Waals surface area contributed by atoms with Crippen molar-refractivity contribution in [2.75, 3.05) is 0 Å². The summed E-state index contributed by atoms with van der Waals surface area (Å²) in [4.78, 5) is 41.0. The average Bonchev–Trinajstić information content (AvgIpc) is 2.56. The second-order valence-electron chi connectivity index (χ2n) is 6.01. The first kappa shape index (κ1) is 29.4. The molecule has 0 aromatic heterocycles. The van der Waals surface area contributed by atoms with Crippen LogP contribution in [0.4, 0.5) is 0 Å². The summed E-state index contributed by atoms with van der Waals surface area (Å²) in [5, 5.41) is 0. The van der Waals surface area contributed by atoms with Crippen LogP contribution < -0.4 is 0 Å². The fourth-order valence-corrected chi connectivity index (χ4v) is 3.23. The number of aldehydes is 1. The Balaban J connectivity index is 0. The Kier molecular flexibility index (Phi) is 20.4. The van der Waals surface area contributed by atoms with Crippen molar-refractivity contribution in [3.8, 4) is 0 Å². The van der Waals surface area contributed by atoms with E-state index in [1.165, 1.54) is 63.9 Å². The molecule has 0 radical (unpaired) electrons. The standard InChI is InChI=1S/C18H30O.H4O7P2/c1-2-3-4-5-6-7-8-9-10-11-12-13-14-15-16-17-18-19;1-8(2,3)7-9(4,5)6/h12-18H,2-11H2,1H3;(H2,1,2,3)(H2,4,5,6). The van der Waals surface area contributed by atoms with E-state index in [9.17, 15) is 13.9 Å². The summed E-state index contributed by atoms with van der Waals surface area (Å²) in [6.45, 7) is 2.27. The predicted octanol–water partition coefficient (Wildman–Crippen LogP) is 4.96. The van der Waals surface area contributed by atoms with Crippen molar-refractivity contribution in [2.45, 2.75) is 71.1 Å². The molecule has 0 unspecified atom stereocenters. The van der Waals surface area contributed by atoms with Crippen LogP contribution in [0.3, 0.4) is 0 Å². The van der Waals surface area contributed by atoms with Crippen LogP contribution in [0.1, 0.15) is 71.1 Å². The third-order valence-corrected chi connectivity index (χ3v) is 5.05. The van der Waals surface area contributed by atoms with Crippen molar-refractivity contribution in [1.82, 2.24) is 0 Å². The number of phosphoric acid groups is 2. The van der Waals surface area contributed by atoms with Gasteiger partial charge in [0.1, 0.15) is 6.29 Å². The smallest absolute Gasteiger partial charge is 0.302 e. The van der Waals surface area contributed by atoms with Gasteiger partial charge in [-0.05, 0) is 18.9 Å². The van der Waals surface area contributed by atoms with Gasteiger partial charge in [0, 0.05) is 0 Å². The van der Waals surface area contributed by atoms with Crippen molar-refractivity contribution in [3.63, 3.8) is 0 Å². The molecule has 8 nitrogen and oxygen atoms in total. The molecule has 0 aromatic rings. The fourth-order valence-electron chi connectivity index (χ4n) is 2.12. The summed E-state index contributed by atoms with van der Waals surface area (Å²) in [6, 6.07) is 0. The Morgan fingerprint density at radius 1 is 0.679 bits per heavy atom. The topological polar surface area (TPSA) is 141 Å². The van der Waals surface area contributed by atoms with Gasteiger partial charge in [0.15, 0.2) is 0 Å². The molecule has 0 atom stereocenters. The number of allylic oxidation sites excluding steroid dienone is 6. The van der Waals surface area contributed by atoms with E-state index in [-0.39, 0.29) is 0 Å². The van der Waals surface area contributed by atoms with E-state index in [1.54, 1.807) is 6.08 Å². The van der Waals surface area contributed by atoms with Gasteiger partial charge < -0.3 is 19.6 Å². The van der Waals surface area contributed by atoms with Crippen LogP contribution in [0.25, 0.3) is 0 Å². The number of hydrogen-bond acceptors (Lipinski definition) is 4. The zero-order chi connectivity index (χ0) is 21.7. The van der Waals surface area contributed by atoms with Gasteiger partial charge in [-0.25, -0.2) is 9.13 Å². The molecule has 0 saturated carbocycles. The zero-order valence-electron chi connectivity index (χ0n) is 16.4. The summed E-state index contributed by atoms with van der Waals surface area (Å²) in [7, 11) is -10.1. The zero-order valence-corrected chi connectivity index (χ0v) is 18.2. The van der Waals surface area contributed by atoms with Gasteiger partial charge >= 0.3 is 15.6 Å². The lowest BCUT2D eigenvalue weighted by Crippen LogP contribution is -1.84. The predicted molar refractivity (Wildman–Crippen MR) is 111 cm³/mol. The van der Waals surface area contributed by atoms with Gasteiger partial charge in [-0.2, -0.15) is 4.31 Å². The molecule has 0 fully saturated rings. The van der Waals surface area contributed by atoms with Crippen molar-refractivity contribution < 1.29 is 37.8 Å². The third-order valence-electron chi connectivity index (χ3n) is 3.35. The monoisotopic (exact) mass is 440 g/mol. The molecule has 4 N–H and O–H groups in total. The summed E-state index contributed by atoms with van der Waals surface area (Å²) in [6.07, 6.45) is 25.7. The fraction of sp³-hybridized carbons (Fsp3) is 0.611. The lowest BCUT2D eigenvalue weighted by atomic mass is 10.1. The van der Waals surface area contributed by atoms with Crippen LogP contribution in [0.2, 0.25) is 0 Å². The first-order valence-electron chi connectivity index (χ1n) is 9.38. The second-order valence-corrected chi connectivity index (χ2v) is 8.63. The molecule has 0 spiro atoms. The number of rotatable bonds is 15. The molecular weight excluding hydrogens is 406 g/mol. The van der Waals surface area contributed by atoms with Gasteiger partial charge in [0.05, 0.1) is 0 Å². The Morgan fingerprint density at radius 2 is 1.11 bits per heavy atom. The van der Waals surface area contributed by atoms with Crippen LogP contribution in [-0.2, 0) is 18.2 Å². The Hall–Kier alpha value is -0.850. The Bertz CT molecular complexity index is 526. The van der Waals surface area contributed by atoms with Gasteiger partial charge in [-0.15, -0.1) is 0 Å². The summed E-state index contributed by atoms with van der Waals surface area (Å²) < 4.78 is 22.2. The highest BCUT2D eigenvalue weighted by Gasteiger charge is 2.27. The highest BCUT2D eigenvalue weighted by Crippen LogP contribution is 2.53. The summed E-state index contributed by atoms with van der Waals surface area (Å²) in [5.74, 6) is 0. The summed E-state index contributed by atoms with van der Waals surface area (Å²) >= 11 is 0. The molecule has 0 rings (SSSR count). The van der Waals surface area contributed by atoms with Crippen LogP contribution in [0.5, 0.6) is 0 Å². The SMILES string of the molecule is CCCCCCCCCCCC=CC=CC=CC=O.O=P(O)(O)OP(=O)(O)O. The second kappa shape index (κ2) is 19.5. The molecule has 0 aliphatic carbocycles. The van der Waals surface area contributed by atoms with E-state index in [0.717, 1.165) is 12.7 Å². The molecule has 0 bridgehead atoms. The molecule has 0 heterocycles. The number of carbonyl (C=O) groups excluding carboxylic acids is 1. The minimum atomic E-state index is -5.05. The van der Waals surface area contributed by atoms with E-state index in [0.29, 0.717) is 0 Å².